The lowest BCUT2D eigenvalue weighted by Gasteiger charge is -2.11. The smallest absolute Gasteiger partial charge is 0.264 e. The molecule has 0 aliphatic rings. The van der Waals surface area contributed by atoms with E-state index in [9.17, 15) is 12.8 Å². The van der Waals surface area contributed by atoms with E-state index >= 15 is 0 Å². The number of aromatic nitrogens is 2. The molecular formula is C12H14BrFN4O2S. The van der Waals surface area contributed by atoms with E-state index < -0.39 is 15.8 Å². The van der Waals surface area contributed by atoms with Crippen LogP contribution in [0, 0.1) is 19.7 Å². The van der Waals surface area contributed by atoms with Crippen LogP contribution in [-0.2, 0) is 17.1 Å². The summed E-state index contributed by atoms with van der Waals surface area (Å²) in [6, 6.07) is 2.09. The molecule has 0 aliphatic carbocycles. The number of halogens is 2. The quantitative estimate of drug-likeness (QED) is 0.804. The maximum atomic E-state index is 13.4. The van der Waals surface area contributed by atoms with Crippen LogP contribution >= 0.6 is 15.9 Å². The molecule has 2 aromatic rings. The Kier molecular flexibility index (Phi) is 3.98. The van der Waals surface area contributed by atoms with Crippen LogP contribution in [0.3, 0.4) is 0 Å². The Hall–Kier alpha value is -1.61. The molecule has 1 aromatic heterocycles. The van der Waals surface area contributed by atoms with Crippen LogP contribution < -0.4 is 10.5 Å². The van der Waals surface area contributed by atoms with Gasteiger partial charge < -0.3 is 5.73 Å². The molecular weight excluding hydrogens is 363 g/mol. The third kappa shape index (κ3) is 2.88. The Morgan fingerprint density at radius 1 is 1.38 bits per heavy atom. The first-order chi connectivity index (χ1) is 9.63. The van der Waals surface area contributed by atoms with Gasteiger partial charge in [-0.25, -0.2) is 12.8 Å². The normalized spacial score (nSPS) is 11.7. The molecule has 9 heteroatoms. The van der Waals surface area contributed by atoms with Gasteiger partial charge in [-0.15, -0.1) is 0 Å². The summed E-state index contributed by atoms with van der Waals surface area (Å²) in [6.07, 6.45) is 0. The number of nitrogens with two attached hydrogens (primary N) is 1. The summed E-state index contributed by atoms with van der Waals surface area (Å²) < 4.78 is 42.2. The molecule has 0 saturated heterocycles. The number of nitrogens with one attached hydrogen (secondary N) is 1. The Balaban J connectivity index is 2.51. The van der Waals surface area contributed by atoms with Crippen molar-refractivity contribution in [3.63, 3.8) is 0 Å². The predicted molar refractivity (Wildman–Crippen MR) is 82.0 cm³/mol. The zero-order valence-electron chi connectivity index (χ0n) is 11.6. The van der Waals surface area contributed by atoms with Crippen LogP contribution in [-0.4, -0.2) is 18.2 Å². The van der Waals surface area contributed by atoms with Gasteiger partial charge in [0.25, 0.3) is 10.0 Å². The molecule has 0 amide bonds. The van der Waals surface area contributed by atoms with E-state index in [1.54, 1.807) is 25.6 Å². The third-order valence-electron chi connectivity index (χ3n) is 3.09. The topological polar surface area (TPSA) is 90.0 Å². The van der Waals surface area contributed by atoms with Crippen molar-refractivity contribution in [1.82, 2.24) is 9.78 Å². The number of sulfonamides is 1. The Morgan fingerprint density at radius 3 is 2.52 bits per heavy atom. The molecule has 0 atom stereocenters. The number of benzene rings is 1. The highest BCUT2D eigenvalue weighted by Crippen LogP contribution is 2.29. The van der Waals surface area contributed by atoms with Gasteiger partial charge in [-0.3, -0.25) is 9.40 Å². The van der Waals surface area contributed by atoms with Gasteiger partial charge in [0.2, 0.25) is 0 Å². The lowest BCUT2D eigenvalue weighted by Crippen LogP contribution is -2.16. The lowest BCUT2D eigenvalue weighted by atomic mass is 10.3. The van der Waals surface area contributed by atoms with E-state index in [-0.39, 0.29) is 15.1 Å². The molecule has 2 rings (SSSR count). The van der Waals surface area contributed by atoms with Crippen LogP contribution in [0.2, 0.25) is 0 Å². The number of nitrogens with zero attached hydrogens (tertiary/aromatic N) is 2. The fourth-order valence-corrected chi connectivity index (χ4v) is 3.70. The van der Waals surface area contributed by atoms with Crippen LogP contribution in [0.15, 0.2) is 21.5 Å². The monoisotopic (exact) mass is 376 g/mol. The third-order valence-corrected chi connectivity index (χ3v) is 5.10. The summed E-state index contributed by atoms with van der Waals surface area (Å²) in [5.74, 6) is -0.625. The van der Waals surface area contributed by atoms with Gasteiger partial charge in [0.1, 0.15) is 10.7 Å². The summed E-state index contributed by atoms with van der Waals surface area (Å²) in [6.45, 7) is 3.43. The molecule has 0 unspecified atom stereocenters. The number of aryl methyl sites for hydroxylation is 2. The van der Waals surface area contributed by atoms with Gasteiger partial charge in [-0.2, -0.15) is 5.10 Å². The summed E-state index contributed by atoms with van der Waals surface area (Å²) in [4.78, 5) is -0.196. The minimum absolute atomic E-state index is 0.0247. The first-order valence-electron chi connectivity index (χ1n) is 5.91. The number of nitrogen functional groups attached to an aromatic ring is 1. The van der Waals surface area contributed by atoms with Crippen molar-refractivity contribution in [3.8, 4) is 0 Å². The van der Waals surface area contributed by atoms with Gasteiger partial charge in [-0.1, -0.05) is 0 Å². The second kappa shape index (κ2) is 5.30. The average molecular weight is 377 g/mol. The van der Waals surface area contributed by atoms with E-state index in [2.05, 4.69) is 25.8 Å². The maximum absolute atomic E-state index is 13.4. The highest BCUT2D eigenvalue weighted by molar-refractivity contribution is 9.10. The molecule has 114 valence electrons. The SMILES string of the molecule is Cc1nn(C)c(C)c1NS(=O)(=O)c1cc(Br)c(F)cc1N. The standard InChI is InChI=1S/C12H14BrFN4O2S/c1-6-12(7(2)18(3)16-6)17-21(19,20)11-4-8(13)9(14)5-10(11)15/h4-5,17H,15H2,1-3H3. The first kappa shape index (κ1) is 15.8. The molecule has 0 fully saturated rings. The van der Waals surface area contributed by atoms with Crippen molar-refractivity contribution in [2.45, 2.75) is 18.7 Å². The van der Waals surface area contributed by atoms with Gasteiger partial charge in [0.15, 0.2) is 0 Å². The van der Waals surface area contributed by atoms with Gasteiger partial charge in [0, 0.05) is 7.05 Å². The summed E-state index contributed by atoms with van der Waals surface area (Å²) in [5, 5.41) is 4.13. The van der Waals surface area contributed by atoms with Gasteiger partial charge in [0.05, 0.1) is 27.2 Å². The van der Waals surface area contributed by atoms with Crippen molar-refractivity contribution in [3.05, 3.63) is 33.8 Å². The molecule has 3 N–H and O–H groups in total. The van der Waals surface area contributed by atoms with E-state index in [4.69, 9.17) is 5.73 Å². The highest BCUT2D eigenvalue weighted by Gasteiger charge is 2.22. The minimum atomic E-state index is -3.94. The van der Waals surface area contributed by atoms with Crippen molar-refractivity contribution < 1.29 is 12.8 Å². The maximum Gasteiger partial charge on any atom is 0.264 e. The van der Waals surface area contributed by atoms with Crippen LogP contribution in [0.25, 0.3) is 0 Å². The lowest BCUT2D eigenvalue weighted by molar-refractivity contribution is 0.599. The molecule has 0 bridgehead atoms. The molecule has 1 heterocycles. The zero-order chi connectivity index (χ0) is 15.9. The minimum Gasteiger partial charge on any atom is -0.398 e. The molecule has 0 aliphatic heterocycles. The van der Waals surface area contributed by atoms with Crippen LogP contribution in [0.1, 0.15) is 11.4 Å². The summed E-state index contributed by atoms with van der Waals surface area (Å²) in [7, 11) is -2.23. The van der Waals surface area contributed by atoms with Crippen molar-refractivity contribution >= 4 is 37.3 Å². The van der Waals surface area contributed by atoms with E-state index in [1.165, 1.54) is 0 Å². The predicted octanol–water partition coefficient (Wildman–Crippen LogP) is 2.32. The zero-order valence-corrected chi connectivity index (χ0v) is 14.0. The van der Waals surface area contributed by atoms with Gasteiger partial charge in [-0.05, 0) is 41.9 Å². The van der Waals surface area contributed by atoms with Crippen molar-refractivity contribution in [2.75, 3.05) is 10.5 Å². The molecule has 21 heavy (non-hydrogen) atoms. The first-order valence-corrected chi connectivity index (χ1v) is 8.18. The number of rotatable bonds is 3. The Bertz CT molecular complexity index is 817. The van der Waals surface area contributed by atoms with Gasteiger partial charge >= 0.3 is 0 Å². The molecule has 1 aromatic carbocycles. The van der Waals surface area contributed by atoms with Crippen LogP contribution in [0.4, 0.5) is 15.8 Å². The fraction of sp³-hybridized carbons (Fsp3) is 0.250. The molecule has 0 radical (unpaired) electrons. The largest absolute Gasteiger partial charge is 0.398 e. The molecule has 0 saturated carbocycles. The highest BCUT2D eigenvalue weighted by atomic mass is 79.9. The summed E-state index contributed by atoms with van der Waals surface area (Å²) in [5.41, 5.74) is 7.04. The average Bonchev–Trinajstić information content (AvgIpc) is 2.60. The molecule has 0 spiro atoms. The fourth-order valence-electron chi connectivity index (χ4n) is 1.89. The Labute approximate surface area is 130 Å². The van der Waals surface area contributed by atoms with Crippen molar-refractivity contribution in [1.29, 1.82) is 0 Å². The summed E-state index contributed by atoms with van der Waals surface area (Å²) >= 11 is 2.95. The van der Waals surface area contributed by atoms with Crippen LogP contribution in [0.5, 0.6) is 0 Å². The Morgan fingerprint density at radius 2 is 2.00 bits per heavy atom. The second-order valence-corrected chi connectivity index (χ2v) is 7.08. The number of hydrogen-bond acceptors (Lipinski definition) is 4. The second-order valence-electron chi connectivity index (χ2n) is 4.58. The molecule has 6 nitrogen and oxygen atoms in total. The number of anilines is 2. The number of hydrogen-bond donors (Lipinski definition) is 2. The van der Waals surface area contributed by atoms with E-state index in [0.717, 1.165) is 12.1 Å². The van der Waals surface area contributed by atoms with E-state index in [0.29, 0.717) is 17.1 Å². The van der Waals surface area contributed by atoms with Crippen molar-refractivity contribution in [2.24, 2.45) is 7.05 Å². The van der Waals surface area contributed by atoms with E-state index in [1.807, 2.05) is 0 Å².